The van der Waals surface area contributed by atoms with E-state index in [0.29, 0.717) is 0 Å². The van der Waals surface area contributed by atoms with Crippen molar-refractivity contribution in [2.75, 3.05) is 19.3 Å². The fourth-order valence-electron chi connectivity index (χ4n) is 1.08. The minimum atomic E-state index is -4.12. The number of halogens is 2. The molecule has 0 saturated carbocycles. The lowest BCUT2D eigenvalue weighted by Crippen LogP contribution is -2.35. The molecule has 0 aliphatic carbocycles. The van der Waals surface area contributed by atoms with Gasteiger partial charge >= 0.3 is 0 Å². The Kier molecular flexibility index (Phi) is 4.65. The molecule has 6 nitrogen and oxygen atoms in total. The highest BCUT2D eigenvalue weighted by Crippen LogP contribution is 2.25. The number of hydrogen-bond donors (Lipinski definition) is 3. The summed E-state index contributed by atoms with van der Waals surface area (Å²) >= 11 is 2.98. The number of anilines is 1. The van der Waals surface area contributed by atoms with Crippen LogP contribution in [-0.2, 0) is 14.8 Å². The molecule has 0 heterocycles. The van der Waals surface area contributed by atoms with Crippen LogP contribution >= 0.6 is 15.9 Å². The van der Waals surface area contributed by atoms with Crippen LogP contribution in [0, 0.1) is 5.82 Å². The van der Waals surface area contributed by atoms with Gasteiger partial charge in [-0.05, 0) is 28.1 Å². The largest absolute Gasteiger partial charge is 0.398 e. The summed E-state index contributed by atoms with van der Waals surface area (Å²) in [6.07, 6.45) is 0. The normalized spacial score (nSPS) is 11.3. The van der Waals surface area contributed by atoms with Gasteiger partial charge in [0.2, 0.25) is 15.9 Å². The van der Waals surface area contributed by atoms with Crippen molar-refractivity contribution in [2.24, 2.45) is 0 Å². The quantitative estimate of drug-likeness (QED) is 0.681. The number of carbonyl (C=O) groups excluding carboxylic acids is 1. The Labute approximate surface area is 112 Å². The molecule has 4 N–H and O–H groups in total. The second-order valence-electron chi connectivity index (χ2n) is 3.30. The Morgan fingerprint density at radius 2 is 2.11 bits per heavy atom. The van der Waals surface area contributed by atoms with E-state index in [2.05, 4.69) is 21.2 Å². The van der Waals surface area contributed by atoms with Crippen LogP contribution in [0.5, 0.6) is 0 Å². The number of sulfonamides is 1. The van der Waals surface area contributed by atoms with Gasteiger partial charge in [0.25, 0.3) is 0 Å². The lowest BCUT2D eigenvalue weighted by atomic mass is 10.3. The molecule has 0 saturated heterocycles. The van der Waals surface area contributed by atoms with Crippen molar-refractivity contribution < 1.29 is 17.6 Å². The number of nitrogen functional groups attached to an aromatic ring is 1. The van der Waals surface area contributed by atoms with Gasteiger partial charge in [0.05, 0.1) is 6.54 Å². The first-order valence-corrected chi connectivity index (χ1v) is 7.00. The van der Waals surface area contributed by atoms with E-state index in [0.717, 1.165) is 12.1 Å². The number of hydrogen-bond acceptors (Lipinski definition) is 4. The average Bonchev–Trinajstić information content (AvgIpc) is 2.30. The summed E-state index contributed by atoms with van der Waals surface area (Å²) in [5, 5.41) is 2.23. The third-order valence-corrected chi connectivity index (χ3v) is 4.15. The van der Waals surface area contributed by atoms with Crippen molar-refractivity contribution >= 4 is 37.5 Å². The van der Waals surface area contributed by atoms with Gasteiger partial charge in [-0.1, -0.05) is 0 Å². The molecule has 1 aromatic carbocycles. The molecule has 100 valence electrons. The van der Waals surface area contributed by atoms with Gasteiger partial charge in [-0.3, -0.25) is 4.79 Å². The first-order valence-electron chi connectivity index (χ1n) is 4.72. The minimum Gasteiger partial charge on any atom is -0.398 e. The fourth-order valence-corrected chi connectivity index (χ4v) is 2.47. The van der Waals surface area contributed by atoms with Crippen molar-refractivity contribution in [3.05, 3.63) is 22.4 Å². The van der Waals surface area contributed by atoms with Gasteiger partial charge in [-0.15, -0.1) is 0 Å². The number of nitrogens with one attached hydrogen (secondary N) is 2. The van der Waals surface area contributed by atoms with E-state index in [1.165, 1.54) is 7.05 Å². The highest BCUT2D eigenvalue weighted by atomic mass is 79.9. The van der Waals surface area contributed by atoms with Crippen LogP contribution in [0.15, 0.2) is 21.5 Å². The van der Waals surface area contributed by atoms with Gasteiger partial charge in [0, 0.05) is 17.2 Å². The third-order valence-electron chi connectivity index (χ3n) is 2.04. The van der Waals surface area contributed by atoms with Gasteiger partial charge < -0.3 is 11.1 Å². The summed E-state index contributed by atoms with van der Waals surface area (Å²) in [4.78, 5) is 10.3. The fraction of sp³-hybridized carbons (Fsp3) is 0.222. The van der Waals surface area contributed by atoms with Crippen LogP contribution < -0.4 is 15.8 Å². The smallest absolute Gasteiger partial charge is 0.244 e. The van der Waals surface area contributed by atoms with Crippen molar-refractivity contribution in [1.29, 1.82) is 0 Å². The summed E-state index contributed by atoms with van der Waals surface area (Å²) in [6, 6.07) is 1.93. The zero-order chi connectivity index (χ0) is 13.9. The molecule has 1 aromatic rings. The zero-order valence-electron chi connectivity index (χ0n) is 9.33. The summed E-state index contributed by atoms with van der Waals surface area (Å²) in [5.41, 5.74) is 5.56. The molecule has 0 aromatic heterocycles. The van der Waals surface area contributed by atoms with Crippen LogP contribution in [0.2, 0.25) is 0 Å². The first kappa shape index (κ1) is 14.9. The average molecular weight is 340 g/mol. The SMILES string of the molecule is CNC(=O)CNS(=O)(=O)c1cc(N)c(Br)cc1F. The summed E-state index contributed by atoms with van der Waals surface area (Å²) in [5.74, 6) is -1.50. The van der Waals surface area contributed by atoms with Gasteiger partial charge in [0.15, 0.2) is 0 Å². The maximum Gasteiger partial charge on any atom is 0.244 e. The van der Waals surface area contributed by atoms with E-state index < -0.39 is 33.2 Å². The van der Waals surface area contributed by atoms with Gasteiger partial charge in [0.1, 0.15) is 10.7 Å². The highest BCUT2D eigenvalue weighted by Gasteiger charge is 2.21. The molecule has 18 heavy (non-hydrogen) atoms. The lowest BCUT2D eigenvalue weighted by molar-refractivity contribution is -0.119. The predicted molar refractivity (Wildman–Crippen MR) is 67.8 cm³/mol. The zero-order valence-corrected chi connectivity index (χ0v) is 11.7. The van der Waals surface area contributed by atoms with Crippen molar-refractivity contribution in [1.82, 2.24) is 10.0 Å². The van der Waals surface area contributed by atoms with E-state index in [4.69, 9.17) is 5.73 Å². The number of rotatable bonds is 4. The molecule has 0 radical (unpaired) electrons. The Hall–Kier alpha value is -1.19. The monoisotopic (exact) mass is 339 g/mol. The van der Waals surface area contributed by atoms with E-state index in [1.54, 1.807) is 0 Å². The molecule has 0 unspecified atom stereocenters. The maximum atomic E-state index is 13.5. The van der Waals surface area contributed by atoms with Gasteiger partial charge in [-0.25, -0.2) is 17.5 Å². The number of carbonyl (C=O) groups is 1. The topological polar surface area (TPSA) is 101 Å². The molecule has 0 spiro atoms. The van der Waals surface area contributed by atoms with Crippen LogP contribution in [0.4, 0.5) is 10.1 Å². The van der Waals surface area contributed by atoms with E-state index in [9.17, 15) is 17.6 Å². The lowest BCUT2D eigenvalue weighted by Gasteiger charge is -2.08. The molecule has 9 heteroatoms. The highest BCUT2D eigenvalue weighted by molar-refractivity contribution is 9.10. The van der Waals surface area contributed by atoms with Crippen LogP contribution in [0.3, 0.4) is 0 Å². The second-order valence-corrected chi connectivity index (χ2v) is 5.89. The Balaban J connectivity index is 3.06. The molecule has 0 bridgehead atoms. The van der Waals surface area contributed by atoms with Crippen molar-refractivity contribution in [3.8, 4) is 0 Å². The van der Waals surface area contributed by atoms with Gasteiger partial charge in [-0.2, -0.15) is 0 Å². The predicted octanol–water partition coefficient (Wildman–Crippen LogP) is 0.195. The van der Waals surface area contributed by atoms with Crippen LogP contribution in [-0.4, -0.2) is 27.9 Å². The number of amides is 1. The molecule has 1 amide bonds. The summed E-state index contributed by atoms with van der Waals surface area (Å²) < 4.78 is 39.2. The number of benzene rings is 1. The molecule has 1 rings (SSSR count). The molecular weight excluding hydrogens is 329 g/mol. The third kappa shape index (κ3) is 3.40. The number of nitrogens with two attached hydrogens (primary N) is 1. The molecule has 0 atom stereocenters. The first-order chi connectivity index (χ1) is 8.27. The standard InChI is InChI=1S/C9H11BrFN3O3S/c1-13-9(15)4-14-18(16,17)8-3-7(12)5(10)2-6(8)11/h2-3,14H,4,12H2,1H3,(H,13,15). The maximum absolute atomic E-state index is 13.5. The molecular formula is C9H11BrFN3O3S. The van der Waals surface area contributed by atoms with Crippen molar-refractivity contribution in [2.45, 2.75) is 4.90 Å². The molecule has 0 fully saturated rings. The van der Waals surface area contributed by atoms with E-state index in [1.807, 2.05) is 4.72 Å². The Morgan fingerprint density at radius 1 is 1.50 bits per heavy atom. The minimum absolute atomic E-state index is 0.0803. The summed E-state index contributed by atoms with van der Waals surface area (Å²) in [7, 11) is -2.77. The summed E-state index contributed by atoms with van der Waals surface area (Å²) in [6.45, 7) is -0.478. The van der Waals surface area contributed by atoms with E-state index in [-0.39, 0.29) is 10.2 Å². The molecule has 0 aliphatic heterocycles. The van der Waals surface area contributed by atoms with Crippen LogP contribution in [0.25, 0.3) is 0 Å². The van der Waals surface area contributed by atoms with E-state index >= 15 is 0 Å². The second kappa shape index (κ2) is 5.63. The van der Waals surface area contributed by atoms with Crippen molar-refractivity contribution in [3.63, 3.8) is 0 Å². The van der Waals surface area contributed by atoms with Crippen LogP contribution in [0.1, 0.15) is 0 Å². The number of likely N-dealkylation sites (N-methyl/N-ethyl adjacent to an activating group) is 1. The Bertz CT molecular complexity index is 577. The molecule has 0 aliphatic rings. The Morgan fingerprint density at radius 3 is 2.67 bits per heavy atom.